The Morgan fingerprint density at radius 1 is 1.17 bits per heavy atom. The van der Waals surface area contributed by atoms with Crippen molar-refractivity contribution in [2.75, 3.05) is 0 Å². The molecular weight excluding hydrogens is 160 g/mol. The van der Waals surface area contributed by atoms with Crippen LogP contribution in [0.25, 0.3) is 0 Å². The van der Waals surface area contributed by atoms with Crippen LogP contribution >= 0.6 is 0 Å². The van der Waals surface area contributed by atoms with E-state index in [0.717, 1.165) is 0 Å². The van der Waals surface area contributed by atoms with Gasteiger partial charge in [0.1, 0.15) is 6.29 Å². The van der Waals surface area contributed by atoms with E-state index >= 15 is 0 Å². The number of aliphatic hydroxyl groups excluding tert-OH is 3. The number of aliphatic hydroxyl groups is 3. The average molecular weight is 176 g/mol. The molecule has 0 spiro atoms. The van der Waals surface area contributed by atoms with Gasteiger partial charge in [-0.2, -0.15) is 0 Å². The lowest BCUT2D eigenvalue weighted by atomic mass is 10.0. The quantitative estimate of drug-likeness (QED) is 0.475. The first-order valence-corrected chi connectivity index (χ1v) is 4.04. The van der Waals surface area contributed by atoms with Crippen LogP contribution in [0.5, 0.6) is 0 Å². The fourth-order valence-electron chi connectivity index (χ4n) is 1.01. The van der Waals surface area contributed by atoms with Crippen molar-refractivity contribution in [1.29, 1.82) is 0 Å². The van der Waals surface area contributed by atoms with E-state index in [0.29, 0.717) is 6.29 Å². The van der Waals surface area contributed by atoms with Crippen molar-refractivity contribution in [2.45, 2.75) is 44.5 Å². The molecule has 0 aliphatic heterocycles. The summed E-state index contributed by atoms with van der Waals surface area (Å²) < 4.78 is 0. The zero-order valence-corrected chi connectivity index (χ0v) is 7.18. The number of carbonyl (C=O) groups is 1. The molecule has 0 saturated carbocycles. The summed E-state index contributed by atoms with van der Waals surface area (Å²) in [6, 6.07) is 0. The molecule has 0 rings (SSSR count). The third-order valence-corrected chi connectivity index (χ3v) is 1.53. The molecule has 3 atom stereocenters. The lowest BCUT2D eigenvalue weighted by molar-refractivity contribution is -0.109. The van der Waals surface area contributed by atoms with Gasteiger partial charge in [-0.3, -0.25) is 0 Å². The molecule has 0 heterocycles. The Kier molecular flexibility index (Phi) is 5.88. The van der Waals surface area contributed by atoms with Crippen LogP contribution in [0.1, 0.15) is 26.2 Å². The summed E-state index contributed by atoms with van der Waals surface area (Å²) >= 11 is 0. The molecule has 0 bridgehead atoms. The Morgan fingerprint density at radius 3 is 2.17 bits per heavy atom. The van der Waals surface area contributed by atoms with E-state index in [2.05, 4.69) is 0 Å². The molecule has 4 heteroatoms. The zero-order chi connectivity index (χ0) is 9.56. The fraction of sp³-hybridized carbons (Fsp3) is 0.875. The van der Waals surface area contributed by atoms with Crippen LogP contribution in [-0.2, 0) is 4.79 Å². The van der Waals surface area contributed by atoms with Gasteiger partial charge >= 0.3 is 0 Å². The molecule has 0 saturated heterocycles. The van der Waals surface area contributed by atoms with Gasteiger partial charge in [0.15, 0.2) is 0 Å². The molecule has 12 heavy (non-hydrogen) atoms. The minimum atomic E-state index is -0.795. The summed E-state index contributed by atoms with van der Waals surface area (Å²) in [6.07, 6.45) is -1.09. The molecule has 0 aliphatic rings. The lowest BCUT2D eigenvalue weighted by Crippen LogP contribution is -2.21. The second-order valence-electron chi connectivity index (χ2n) is 3.03. The Morgan fingerprint density at radius 2 is 1.75 bits per heavy atom. The van der Waals surface area contributed by atoms with Crippen LogP contribution in [0, 0.1) is 0 Å². The summed E-state index contributed by atoms with van der Waals surface area (Å²) in [5.41, 5.74) is 0. The zero-order valence-electron chi connectivity index (χ0n) is 7.18. The van der Waals surface area contributed by atoms with Gasteiger partial charge in [-0.1, -0.05) is 0 Å². The Bertz CT molecular complexity index is 124. The van der Waals surface area contributed by atoms with Crippen molar-refractivity contribution in [1.82, 2.24) is 0 Å². The molecule has 0 aromatic carbocycles. The summed E-state index contributed by atoms with van der Waals surface area (Å²) in [6.45, 7) is 1.56. The second-order valence-corrected chi connectivity index (χ2v) is 3.03. The van der Waals surface area contributed by atoms with Crippen molar-refractivity contribution in [3.63, 3.8) is 0 Å². The predicted molar refractivity (Wildman–Crippen MR) is 43.6 cm³/mol. The molecule has 3 N–H and O–H groups in total. The maximum Gasteiger partial charge on any atom is 0.122 e. The van der Waals surface area contributed by atoms with Gasteiger partial charge in [0, 0.05) is 6.42 Å². The highest BCUT2D eigenvalue weighted by Gasteiger charge is 2.13. The topological polar surface area (TPSA) is 77.8 Å². The smallest absolute Gasteiger partial charge is 0.122 e. The maximum atomic E-state index is 9.93. The first-order chi connectivity index (χ1) is 5.56. The van der Waals surface area contributed by atoms with Gasteiger partial charge in [-0.25, -0.2) is 0 Å². The number of carbonyl (C=O) groups excluding carboxylic acids is 1. The monoisotopic (exact) mass is 176 g/mol. The Balaban J connectivity index is 3.53. The normalized spacial score (nSPS) is 18.3. The van der Waals surface area contributed by atoms with Crippen LogP contribution in [-0.4, -0.2) is 39.9 Å². The van der Waals surface area contributed by atoms with Gasteiger partial charge in [0.25, 0.3) is 0 Å². The van der Waals surface area contributed by atoms with Crippen LogP contribution in [0.15, 0.2) is 0 Å². The molecule has 0 aliphatic carbocycles. The van der Waals surface area contributed by atoms with Crippen LogP contribution in [0.2, 0.25) is 0 Å². The summed E-state index contributed by atoms with van der Waals surface area (Å²) in [4.78, 5) is 9.93. The number of hydrogen-bond acceptors (Lipinski definition) is 4. The average Bonchev–Trinajstić information content (AvgIpc) is 1.84. The van der Waals surface area contributed by atoms with Crippen LogP contribution in [0.4, 0.5) is 0 Å². The third kappa shape index (κ3) is 6.27. The number of rotatable bonds is 6. The molecule has 0 amide bonds. The highest BCUT2D eigenvalue weighted by Crippen LogP contribution is 2.06. The van der Waals surface area contributed by atoms with E-state index < -0.39 is 18.3 Å². The first-order valence-electron chi connectivity index (χ1n) is 4.04. The Hall–Kier alpha value is -0.450. The molecule has 4 nitrogen and oxygen atoms in total. The molecule has 3 unspecified atom stereocenters. The predicted octanol–water partition coefficient (Wildman–Crippen LogP) is -0.542. The van der Waals surface area contributed by atoms with Crippen molar-refractivity contribution < 1.29 is 20.1 Å². The van der Waals surface area contributed by atoms with E-state index in [1.54, 1.807) is 6.92 Å². The van der Waals surface area contributed by atoms with E-state index in [1.165, 1.54) is 0 Å². The standard InChI is InChI=1S/C8H16O4/c1-6(10)4-8(12)5-7(11)2-3-9/h3,6-8,10-12H,2,4-5H2,1H3. The lowest BCUT2D eigenvalue weighted by Gasteiger charge is -2.14. The van der Waals surface area contributed by atoms with Crippen molar-refractivity contribution in [3.05, 3.63) is 0 Å². The molecule has 0 aromatic heterocycles. The van der Waals surface area contributed by atoms with Crippen molar-refractivity contribution >= 4 is 6.29 Å². The van der Waals surface area contributed by atoms with E-state index in [4.69, 9.17) is 10.2 Å². The van der Waals surface area contributed by atoms with Gasteiger partial charge in [0.05, 0.1) is 18.3 Å². The SMILES string of the molecule is CC(O)CC(O)CC(O)CC=O. The minimum Gasteiger partial charge on any atom is -0.393 e. The molecule has 0 radical (unpaired) electrons. The molecule has 72 valence electrons. The summed E-state index contributed by atoms with van der Waals surface area (Å²) in [7, 11) is 0. The largest absolute Gasteiger partial charge is 0.393 e. The molecule has 0 aromatic rings. The van der Waals surface area contributed by atoms with Gasteiger partial charge in [-0.05, 0) is 19.8 Å². The highest BCUT2D eigenvalue weighted by atomic mass is 16.3. The molecule has 0 fully saturated rings. The highest BCUT2D eigenvalue weighted by molar-refractivity contribution is 5.49. The summed E-state index contributed by atoms with van der Waals surface area (Å²) in [5.74, 6) is 0. The van der Waals surface area contributed by atoms with E-state index in [9.17, 15) is 9.90 Å². The second kappa shape index (κ2) is 6.11. The Labute approximate surface area is 71.8 Å². The van der Waals surface area contributed by atoms with E-state index in [1.807, 2.05) is 0 Å². The van der Waals surface area contributed by atoms with Gasteiger partial charge in [-0.15, -0.1) is 0 Å². The van der Waals surface area contributed by atoms with Crippen LogP contribution < -0.4 is 0 Å². The minimum absolute atomic E-state index is 0.0386. The number of hydrogen-bond donors (Lipinski definition) is 3. The van der Waals surface area contributed by atoms with Gasteiger partial charge in [0.2, 0.25) is 0 Å². The van der Waals surface area contributed by atoms with Gasteiger partial charge < -0.3 is 20.1 Å². The molecular formula is C8H16O4. The van der Waals surface area contributed by atoms with Crippen molar-refractivity contribution in [2.24, 2.45) is 0 Å². The third-order valence-electron chi connectivity index (χ3n) is 1.53. The summed E-state index contributed by atoms with van der Waals surface area (Å²) in [5, 5.41) is 27.1. The van der Waals surface area contributed by atoms with Crippen LogP contribution in [0.3, 0.4) is 0 Å². The maximum absolute atomic E-state index is 9.93. The fourth-order valence-corrected chi connectivity index (χ4v) is 1.01. The first kappa shape index (κ1) is 11.6. The number of aldehydes is 1. The van der Waals surface area contributed by atoms with E-state index in [-0.39, 0.29) is 19.3 Å². The van der Waals surface area contributed by atoms with Crippen molar-refractivity contribution in [3.8, 4) is 0 Å².